The van der Waals surface area contributed by atoms with Crippen LogP contribution in [0.3, 0.4) is 0 Å². The molecule has 1 aliphatic rings. The Balaban J connectivity index is 1.58. The van der Waals surface area contributed by atoms with Gasteiger partial charge in [0.25, 0.3) is 5.56 Å². The van der Waals surface area contributed by atoms with Gasteiger partial charge in [-0.05, 0) is 61.4 Å². The standard InChI is InChI=1S/C28H23Cl2N3O2/c1-17-14-32(15-18(2)35-17)26-11-10-21(12-24(26)29)33-16-25(30)27-22(4-3-5-23(27)28(33)34)20-8-6-19(13-31)7-9-20/h3-12,16-18H,14-15H2,1-2H3. The van der Waals surface area contributed by atoms with Crippen LogP contribution in [0.25, 0.3) is 27.6 Å². The van der Waals surface area contributed by atoms with Gasteiger partial charge in [0, 0.05) is 30.1 Å². The van der Waals surface area contributed by atoms with Gasteiger partial charge in [0.1, 0.15) is 0 Å². The van der Waals surface area contributed by atoms with E-state index in [2.05, 4.69) is 11.0 Å². The molecular weight excluding hydrogens is 481 g/mol. The van der Waals surface area contributed by atoms with Crippen molar-refractivity contribution in [3.8, 4) is 22.9 Å². The van der Waals surface area contributed by atoms with Gasteiger partial charge in [0.2, 0.25) is 0 Å². The third-order valence-corrected chi connectivity index (χ3v) is 6.88. The summed E-state index contributed by atoms with van der Waals surface area (Å²) in [4.78, 5) is 15.8. The number of rotatable bonds is 3. The highest BCUT2D eigenvalue weighted by molar-refractivity contribution is 6.36. The molecule has 4 aromatic rings. The Bertz CT molecular complexity index is 1510. The molecule has 0 saturated carbocycles. The molecule has 0 spiro atoms. The molecule has 1 fully saturated rings. The van der Waals surface area contributed by atoms with Gasteiger partial charge in [0.15, 0.2) is 0 Å². The minimum absolute atomic E-state index is 0.113. The fourth-order valence-electron chi connectivity index (χ4n) is 4.79. The second-order valence-corrected chi connectivity index (χ2v) is 9.68. The van der Waals surface area contributed by atoms with E-state index in [0.717, 1.165) is 29.9 Å². The molecular formula is C28H23Cl2N3O2. The molecule has 0 bridgehead atoms. The summed E-state index contributed by atoms with van der Waals surface area (Å²) in [6, 6.07) is 20.5. The van der Waals surface area contributed by atoms with Crippen molar-refractivity contribution in [2.45, 2.75) is 26.1 Å². The molecule has 2 heterocycles. The van der Waals surface area contributed by atoms with E-state index in [-0.39, 0.29) is 17.8 Å². The summed E-state index contributed by atoms with van der Waals surface area (Å²) >= 11 is 13.5. The molecule has 0 amide bonds. The Morgan fingerprint density at radius 3 is 2.34 bits per heavy atom. The molecule has 2 unspecified atom stereocenters. The summed E-state index contributed by atoms with van der Waals surface area (Å²) in [5, 5.41) is 11.3. The minimum atomic E-state index is -0.183. The molecule has 2 atom stereocenters. The average molecular weight is 504 g/mol. The first-order valence-electron chi connectivity index (χ1n) is 11.4. The van der Waals surface area contributed by atoms with Crippen molar-refractivity contribution < 1.29 is 4.74 Å². The average Bonchev–Trinajstić information content (AvgIpc) is 2.85. The van der Waals surface area contributed by atoms with Gasteiger partial charge in [-0.1, -0.05) is 47.5 Å². The van der Waals surface area contributed by atoms with Gasteiger partial charge in [-0.3, -0.25) is 9.36 Å². The minimum Gasteiger partial charge on any atom is -0.372 e. The van der Waals surface area contributed by atoms with E-state index in [1.54, 1.807) is 30.5 Å². The molecule has 176 valence electrons. The van der Waals surface area contributed by atoms with Crippen LogP contribution in [0.15, 0.2) is 71.7 Å². The lowest BCUT2D eigenvalue weighted by atomic mass is 9.98. The van der Waals surface area contributed by atoms with E-state index in [4.69, 9.17) is 33.2 Å². The van der Waals surface area contributed by atoms with E-state index < -0.39 is 0 Å². The smallest absolute Gasteiger partial charge is 0.263 e. The quantitative estimate of drug-likeness (QED) is 0.322. The molecule has 0 aliphatic carbocycles. The molecule has 0 radical (unpaired) electrons. The zero-order valence-electron chi connectivity index (χ0n) is 19.3. The van der Waals surface area contributed by atoms with Gasteiger partial charge in [-0.2, -0.15) is 5.26 Å². The third-order valence-electron chi connectivity index (χ3n) is 6.29. The maximum atomic E-state index is 13.5. The van der Waals surface area contributed by atoms with Gasteiger partial charge in [0.05, 0.1) is 45.3 Å². The number of morpholine rings is 1. The highest BCUT2D eigenvalue weighted by Gasteiger charge is 2.24. The first kappa shape index (κ1) is 23.4. The number of benzene rings is 3. The first-order chi connectivity index (χ1) is 16.9. The summed E-state index contributed by atoms with van der Waals surface area (Å²) in [7, 11) is 0. The van der Waals surface area contributed by atoms with Crippen molar-refractivity contribution >= 4 is 39.7 Å². The fourth-order valence-corrected chi connectivity index (χ4v) is 5.38. The van der Waals surface area contributed by atoms with Crippen LogP contribution in [0, 0.1) is 11.3 Å². The van der Waals surface area contributed by atoms with Crippen molar-refractivity contribution in [1.29, 1.82) is 5.26 Å². The van der Waals surface area contributed by atoms with E-state index >= 15 is 0 Å². The van der Waals surface area contributed by atoms with Crippen LogP contribution in [-0.2, 0) is 4.74 Å². The van der Waals surface area contributed by atoms with Crippen LogP contribution in [0.1, 0.15) is 19.4 Å². The Hall–Kier alpha value is -3.30. The van der Waals surface area contributed by atoms with E-state index in [1.165, 1.54) is 4.57 Å². The van der Waals surface area contributed by atoms with Gasteiger partial charge < -0.3 is 9.64 Å². The number of anilines is 1. The largest absolute Gasteiger partial charge is 0.372 e. The van der Waals surface area contributed by atoms with Crippen LogP contribution >= 0.6 is 23.2 Å². The lowest BCUT2D eigenvalue weighted by Crippen LogP contribution is -2.45. The molecule has 1 aliphatic heterocycles. The van der Waals surface area contributed by atoms with Crippen LogP contribution in [0.2, 0.25) is 10.0 Å². The molecule has 0 N–H and O–H groups in total. The highest BCUT2D eigenvalue weighted by Crippen LogP contribution is 2.34. The maximum Gasteiger partial charge on any atom is 0.263 e. The number of nitrogens with zero attached hydrogens (tertiary/aromatic N) is 3. The molecule has 3 aromatic carbocycles. The second kappa shape index (κ2) is 9.39. The second-order valence-electron chi connectivity index (χ2n) is 8.87. The highest BCUT2D eigenvalue weighted by atomic mass is 35.5. The normalized spacial score (nSPS) is 18.0. The Kier molecular flexibility index (Phi) is 6.29. The molecule has 5 rings (SSSR count). The Morgan fingerprint density at radius 2 is 1.69 bits per heavy atom. The molecule has 35 heavy (non-hydrogen) atoms. The van der Waals surface area contributed by atoms with Gasteiger partial charge >= 0.3 is 0 Å². The number of nitriles is 1. The SMILES string of the molecule is CC1CN(c2ccc(-n3cc(Cl)c4c(-c5ccc(C#N)cc5)cccc4c3=O)cc2Cl)CC(C)O1. The van der Waals surface area contributed by atoms with E-state index in [1.807, 2.05) is 50.2 Å². The van der Waals surface area contributed by atoms with Gasteiger partial charge in [-0.25, -0.2) is 0 Å². The monoisotopic (exact) mass is 503 g/mol. The number of aromatic nitrogens is 1. The number of fused-ring (bicyclic) bond motifs is 1. The van der Waals surface area contributed by atoms with Gasteiger partial charge in [-0.15, -0.1) is 0 Å². The number of pyridine rings is 1. The van der Waals surface area contributed by atoms with Crippen molar-refractivity contribution in [1.82, 2.24) is 4.57 Å². The lowest BCUT2D eigenvalue weighted by molar-refractivity contribution is -0.00520. The molecule has 1 aromatic heterocycles. The maximum absolute atomic E-state index is 13.5. The zero-order chi connectivity index (χ0) is 24.7. The topological polar surface area (TPSA) is 58.3 Å². The van der Waals surface area contributed by atoms with E-state index in [9.17, 15) is 4.79 Å². The van der Waals surface area contributed by atoms with Crippen molar-refractivity contribution in [2.24, 2.45) is 0 Å². The summed E-state index contributed by atoms with van der Waals surface area (Å²) in [5.74, 6) is 0. The van der Waals surface area contributed by atoms with Crippen molar-refractivity contribution in [3.05, 3.63) is 92.8 Å². The van der Waals surface area contributed by atoms with Crippen molar-refractivity contribution in [2.75, 3.05) is 18.0 Å². The number of ether oxygens (including phenoxy) is 1. The summed E-state index contributed by atoms with van der Waals surface area (Å²) in [6.45, 7) is 5.61. The summed E-state index contributed by atoms with van der Waals surface area (Å²) < 4.78 is 7.37. The predicted octanol–water partition coefficient (Wildman–Crippen LogP) is 6.45. The van der Waals surface area contributed by atoms with E-state index in [0.29, 0.717) is 32.1 Å². The third kappa shape index (κ3) is 4.41. The predicted molar refractivity (Wildman–Crippen MR) is 142 cm³/mol. The first-order valence-corrected chi connectivity index (χ1v) is 12.2. The zero-order valence-corrected chi connectivity index (χ0v) is 20.8. The Labute approximate surface area is 213 Å². The fraction of sp³-hybridized carbons (Fsp3) is 0.214. The number of halogens is 2. The van der Waals surface area contributed by atoms with Crippen LogP contribution in [-0.4, -0.2) is 29.9 Å². The van der Waals surface area contributed by atoms with Crippen LogP contribution in [0.5, 0.6) is 0 Å². The van der Waals surface area contributed by atoms with Crippen LogP contribution in [0.4, 0.5) is 5.69 Å². The Morgan fingerprint density at radius 1 is 0.971 bits per heavy atom. The molecule has 5 nitrogen and oxygen atoms in total. The number of hydrogen-bond acceptors (Lipinski definition) is 4. The molecule has 1 saturated heterocycles. The summed E-state index contributed by atoms with van der Waals surface area (Å²) in [5.41, 5.74) is 3.67. The van der Waals surface area contributed by atoms with Crippen molar-refractivity contribution in [3.63, 3.8) is 0 Å². The summed E-state index contributed by atoms with van der Waals surface area (Å²) in [6.07, 6.45) is 1.87. The number of hydrogen-bond donors (Lipinski definition) is 0. The lowest BCUT2D eigenvalue weighted by Gasteiger charge is -2.37. The van der Waals surface area contributed by atoms with Crippen LogP contribution < -0.4 is 10.5 Å². The molecule has 7 heteroatoms.